The minimum Gasteiger partial charge on any atom is -0.357 e. The van der Waals surface area contributed by atoms with E-state index in [-0.39, 0.29) is 16.9 Å². The van der Waals surface area contributed by atoms with Crippen LogP contribution in [0.3, 0.4) is 0 Å². The van der Waals surface area contributed by atoms with Gasteiger partial charge in [0.15, 0.2) is 0 Å². The van der Waals surface area contributed by atoms with Gasteiger partial charge in [0.1, 0.15) is 5.15 Å². The average molecular weight is 369 g/mol. The molecule has 4 heterocycles. The van der Waals surface area contributed by atoms with Gasteiger partial charge < -0.3 is 10.3 Å². The molecule has 2 N–H and O–H groups in total. The summed E-state index contributed by atoms with van der Waals surface area (Å²) in [6.07, 6.45) is 6.12. The summed E-state index contributed by atoms with van der Waals surface area (Å²) in [5.41, 5.74) is 6.94. The lowest BCUT2D eigenvalue weighted by Crippen LogP contribution is -2.74. The van der Waals surface area contributed by atoms with Crippen LogP contribution < -0.4 is 5.32 Å². The Morgan fingerprint density at radius 1 is 1.35 bits per heavy atom. The number of aryl methyl sites for hydroxylation is 1. The molecule has 6 heteroatoms. The fourth-order valence-corrected chi connectivity index (χ4v) is 6.04. The van der Waals surface area contributed by atoms with Crippen molar-refractivity contribution in [2.24, 2.45) is 0 Å². The van der Waals surface area contributed by atoms with Gasteiger partial charge in [-0.3, -0.25) is 9.69 Å². The number of pyridine rings is 1. The maximum Gasteiger partial charge on any atom is 0.253 e. The van der Waals surface area contributed by atoms with Crippen molar-refractivity contribution in [3.05, 3.63) is 39.8 Å². The largest absolute Gasteiger partial charge is 0.357 e. The van der Waals surface area contributed by atoms with Gasteiger partial charge in [-0.25, -0.2) is 4.98 Å². The number of aromatic nitrogens is 2. The second kappa shape index (κ2) is 4.70. The molecule has 134 valence electrons. The Morgan fingerprint density at radius 3 is 2.96 bits per heavy atom. The number of halogens is 1. The van der Waals surface area contributed by atoms with E-state index < -0.39 is 0 Å². The number of carbonyl (C=O) groups is 1. The zero-order chi connectivity index (χ0) is 17.7. The van der Waals surface area contributed by atoms with Crippen molar-refractivity contribution in [3.63, 3.8) is 0 Å². The molecule has 2 spiro atoms. The molecule has 2 aliphatic heterocycles. The molecule has 5 nitrogen and oxygen atoms in total. The fourth-order valence-electron chi connectivity index (χ4n) is 5.88. The molecule has 1 amide bonds. The molecule has 4 aliphatic rings. The van der Waals surface area contributed by atoms with Gasteiger partial charge in [0, 0.05) is 36.1 Å². The van der Waals surface area contributed by atoms with Crippen LogP contribution in [0.2, 0.25) is 5.15 Å². The van der Waals surface area contributed by atoms with E-state index in [0.29, 0.717) is 5.15 Å². The summed E-state index contributed by atoms with van der Waals surface area (Å²) in [6.45, 7) is 5.09. The van der Waals surface area contributed by atoms with E-state index in [1.807, 2.05) is 12.3 Å². The third-order valence-electron chi connectivity index (χ3n) is 7.29. The molecule has 1 unspecified atom stereocenters. The molecule has 1 saturated carbocycles. The van der Waals surface area contributed by atoms with E-state index >= 15 is 0 Å². The zero-order valence-corrected chi connectivity index (χ0v) is 15.5. The van der Waals surface area contributed by atoms with E-state index in [0.717, 1.165) is 54.9 Å². The highest BCUT2D eigenvalue weighted by Gasteiger charge is 2.72. The van der Waals surface area contributed by atoms with Gasteiger partial charge in [0.25, 0.3) is 5.91 Å². The van der Waals surface area contributed by atoms with Gasteiger partial charge in [-0.05, 0) is 49.4 Å². The Morgan fingerprint density at radius 2 is 2.19 bits per heavy atom. The normalized spacial score (nSPS) is 27.5. The predicted molar refractivity (Wildman–Crippen MR) is 99.7 cm³/mol. The first-order chi connectivity index (χ1) is 12.6. The molecule has 1 saturated heterocycles. The van der Waals surface area contributed by atoms with Crippen LogP contribution in [-0.4, -0.2) is 45.9 Å². The van der Waals surface area contributed by atoms with Gasteiger partial charge in [-0.15, -0.1) is 0 Å². The van der Waals surface area contributed by atoms with Crippen molar-refractivity contribution < 1.29 is 4.79 Å². The van der Waals surface area contributed by atoms with Crippen LogP contribution >= 0.6 is 11.6 Å². The highest BCUT2D eigenvalue weighted by Crippen LogP contribution is 2.64. The summed E-state index contributed by atoms with van der Waals surface area (Å²) in [4.78, 5) is 23.4. The number of rotatable bonds is 1. The first kappa shape index (κ1) is 15.2. The number of nitrogens with one attached hydrogen (secondary N) is 2. The SMILES string of the molecule is CCN1CC2(CNC(=O)c3c2[nH]c2c3CCc3cnc(Cl)cc3-2)C12CC2. The number of nitrogens with zero attached hydrogens (tertiary/aromatic N) is 2. The quantitative estimate of drug-likeness (QED) is 0.761. The van der Waals surface area contributed by atoms with Crippen LogP contribution in [-0.2, 0) is 18.3 Å². The number of likely N-dealkylation sites (tertiary alicyclic amines) is 1. The summed E-state index contributed by atoms with van der Waals surface area (Å²) in [7, 11) is 0. The summed E-state index contributed by atoms with van der Waals surface area (Å²) < 4.78 is 0. The van der Waals surface area contributed by atoms with E-state index in [9.17, 15) is 4.79 Å². The minimum absolute atomic E-state index is 0.0422. The summed E-state index contributed by atoms with van der Waals surface area (Å²) in [6, 6.07) is 1.94. The Bertz CT molecular complexity index is 976. The van der Waals surface area contributed by atoms with Crippen molar-refractivity contribution in [2.75, 3.05) is 19.6 Å². The Balaban J connectivity index is 1.58. The monoisotopic (exact) mass is 368 g/mol. The molecule has 0 aromatic carbocycles. The lowest BCUT2D eigenvalue weighted by molar-refractivity contribution is -0.0376. The number of hydrogen-bond acceptors (Lipinski definition) is 3. The standard InChI is InChI=1S/C20H21ClN4O/c1-2-25-10-19(20(25)5-6-20)9-23-18(26)15-12-4-3-11-8-22-14(21)7-13(11)16(12)24-17(15)19/h7-8,24H,2-6,9-10H2,1H3,(H,23,26). The predicted octanol–water partition coefficient (Wildman–Crippen LogP) is 2.68. The molecule has 2 aromatic rings. The third-order valence-corrected chi connectivity index (χ3v) is 7.50. The number of aromatic amines is 1. The van der Waals surface area contributed by atoms with E-state index in [4.69, 9.17) is 11.6 Å². The van der Waals surface area contributed by atoms with Gasteiger partial charge >= 0.3 is 0 Å². The summed E-state index contributed by atoms with van der Waals surface area (Å²) >= 11 is 6.18. The molecule has 0 bridgehead atoms. The number of hydrogen-bond donors (Lipinski definition) is 2. The minimum atomic E-state index is 0.0422. The highest BCUT2D eigenvalue weighted by molar-refractivity contribution is 6.29. The highest BCUT2D eigenvalue weighted by atomic mass is 35.5. The number of amides is 1. The number of carbonyl (C=O) groups excluding carboxylic acids is 1. The number of H-pyrrole nitrogens is 1. The van der Waals surface area contributed by atoms with Gasteiger partial charge in [-0.1, -0.05) is 18.5 Å². The Labute approximate surface area is 157 Å². The van der Waals surface area contributed by atoms with Crippen molar-refractivity contribution in [2.45, 2.75) is 43.6 Å². The van der Waals surface area contributed by atoms with Crippen molar-refractivity contribution in [1.29, 1.82) is 0 Å². The average Bonchev–Trinajstić information content (AvgIpc) is 3.38. The van der Waals surface area contributed by atoms with Crippen LogP contribution in [0.1, 0.15) is 46.9 Å². The van der Waals surface area contributed by atoms with E-state index in [2.05, 4.69) is 27.1 Å². The Kier molecular flexibility index (Phi) is 2.75. The molecule has 26 heavy (non-hydrogen) atoms. The molecular formula is C20H21ClN4O. The fraction of sp³-hybridized carbons (Fsp3) is 0.500. The van der Waals surface area contributed by atoms with E-state index in [1.165, 1.54) is 24.1 Å². The smallest absolute Gasteiger partial charge is 0.253 e. The van der Waals surface area contributed by atoms with Gasteiger partial charge in [-0.2, -0.15) is 0 Å². The molecule has 2 aliphatic carbocycles. The molecule has 2 aromatic heterocycles. The lowest BCUT2D eigenvalue weighted by Gasteiger charge is -2.60. The molecule has 0 radical (unpaired) electrons. The van der Waals surface area contributed by atoms with Crippen LogP contribution in [0.15, 0.2) is 12.3 Å². The van der Waals surface area contributed by atoms with Crippen LogP contribution in [0.4, 0.5) is 0 Å². The van der Waals surface area contributed by atoms with Crippen molar-refractivity contribution in [3.8, 4) is 11.3 Å². The van der Waals surface area contributed by atoms with Crippen molar-refractivity contribution >= 4 is 17.5 Å². The van der Waals surface area contributed by atoms with Gasteiger partial charge in [0.05, 0.1) is 16.7 Å². The zero-order valence-electron chi connectivity index (χ0n) is 14.8. The van der Waals surface area contributed by atoms with Crippen molar-refractivity contribution in [1.82, 2.24) is 20.2 Å². The van der Waals surface area contributed by atoms with Crippen LogP contribution in [0.5, 0.6) is 0 Å². The lowest BCUT2D eigenvalue weighted by atomic mass is 9.63. The molecule has 2 fully saturated rings. The maximum atomic E-state index is 12.8. The van der Waals surface area contributed by atoms with Crippen LogP contribution in [0.25, 0.3) is 11.3 Å². The second-order valence-corrected chi connectivity index (χ2v) is 8.59. The molecule has 1 atom stereocenters. The first-order valence-corrected chi connectivity index (χ1v) is 9.91. The molecular weight excluding hydrogens is 348 g/mol. The number of likely N-dealkylation sites (N-methyl/N-ethyl adjacent to an activating group) is 1. The van der Waals surface area contributed by atoms with Crippen LogP contribution in [0, 0.1) is 0 Å². The van der Waals surface area contributed by atoms with E-state index in [1.54, 1.807) is 0 Å². The summed E-state index contributed by atoms with van der Waals surface area (Å²) in [5.74, 6) is 0.0810. The Hall–Kier alpha value is -1.85. The summed E-state index contributed by atoms with van der Waals surface area (Å²) in [5, 5.41) is 3.72. The topological polar surface area (TPSA) is 61.0 Å². The number of fused-ring (bicyclic) bond motifs is 7. The third kappa shape index (κ3) is 1.58. The second-order valence-electron chi connectivity index (χ2n) is 8.20. The molecule has 6 rings (SSSR count). The maximum absolute atomic E-state index is 12.8. The van der Waals surface area contributed by atoms with Gasteiger partial charge in [0.2, 0.25) is 0 Å². The first-order valence-electron chi connectivity index (χ1n) is 9.53.